The van der Waals surface area contributed by atoms with Crippen molar-refractivity contribution in [2.75, 3.05) is 23.7 Å². The van der Waals surface area contributed by atoms with Crippen molar-refractivity contribution >= 4 is 46.3 Å². The van der Waals surface area contributed by atoms with Crippen molar-refractivity contribution in [3.05, 3.63) is 68.6 Å². The lowest BCUT2D eigenvalue weighted by molar-refractivity contribution is 0.102. The molecule has 3 aromatic rings. The SMILES string of the molecule is Cc1ccc(NC(=O)N2CCC[C@@H](c3nnc(C(=O)Nc4cccc(Cl)c4)s3)C2)c(C)c1. The average Bonchev–Trinajstić information content (AvgIpc) is 3.26. The van der Waals surface area contributed by atoms with Crippen molar-refractivity contribution < 1.29 is 9.59 Å². The van der Waals surface area contributed by atoms with E-state index in [9.17, 15) is 9.59 Å². The number of amides is 3. The summed E-state index contributed by atoms with van der Waals surface area (Å²) in [6.07, 6.45) is 1.77. The molecule has 2 aromatic carbocycles. The van der Waals surface area contributed by atoms with Gasteiger partial charge in [0, 0.05) is 35.4 Å². The van der Waals surface area contributed by atoms with E-state index in [1.54, 1.807) is 29.2 Å². The van der Waals surface area contributed by atoms with E-state index in [0.29, 0.717) is 23.8 Å². The van der Waals surface area contributed by atoms with E-state index in [2.05, 4.69) is 20.8 Å². The Labute approximate surface area is 195 Å². The Kier molecular flexibility index (Phi) is 6.72. The number of hydrogen-bond acceptors (Lipinski definition) is 5. The molecule has 7 nitrogen and oxygen atoms in total. The minimum Gasteiger partial charge on any atom is -0.324 e. The number of carbonyl (C=O) groups excluding carboxylic acids is 2. The quantitative estimate of drug-likeness (QED) is 0.530. The molecule has 1 atom stereocenters. The van der Waals surface area contributed by atoms with E-state index in [1.165, 1.54) is 11.3 Å². The number of urea groups is 1. The predicted molar refractivity (Wildman–Crippen MR) is 128 cm³/mol. The molecule has 2 heterocycles. The molecule has 0 saturated carbocycles. The van der Waals surface area contributed by atoms with Crippen LogP contribution < -0.4 is 10.6 Å². The number of aryl methyl sites for hydroxylation is 2. The second-order valence-electron chi connectivity index (χ2n) is 7.94. The Morgan fingerprint density at radius 1 is 1.12 bits per heavy atom. The van der Waals surface area contributed by atoms with Gasteiger partial charge in [0.15, 0.2) is 0 Å². The highest BCUT2D eigenvalue weighted by atomic mass is 35.5. The molecule has 166 valence electrons. The summed E-state index contributed by atoms with van der Waals surface area (Å²) in [5.74, 6) is -0.268. The molecular formula is C23H24ClN5O2S. The number of benzene rings is 2. The molecular weight excluding hydrogens is 446 g/mol. The molecule has 1 saturated heterocycles. The third kappa shape index (κ3) is 5.26. The third-order valence-electron chi connectivity index (χ3n) is 5.40. The maximum Gasteiger partial charge on any atom is 0.321 e. The molecule has 2 N–H and O–H groups in total. The number of piperidine rings is 1. The first-order chi connectivity index (χ1) is 15.4. The van der Waals surface area contributed by atoms with Gasteiger partial charge < -0.3 is 15.5 Å². The van der Waals surface area contributed by atoms with Crippen molar-refractivity contribution in [3.63, 3.8) is 0 Å². The van der Waals surface area contributed by atoms with Crippen LogP contribution in [0.5, 0.6) is 0 Å². The van der Waals surface area contributed by atoms with Gasteiger partial charge in [-0.15, -0.1) is 10.2 Å². The van der Waals surface area contributed by atoms with Gasteiger partial charge in [-0.1, -0.05) is 46.7 Å². The van der Waals surface area contributed by atoms with Gasteiger partial charge in [0.05, 0.1) is 0 Å². The monoisotopic (exact) mass is 469 g/mol. The van der Waals surface area contributed by atoms with Crippen LogP contribution in [-0.4, -0.2) is 40.1 Å². The van der Waals surface area contributed by atoms with Crippen molar-refractivity contribution in [3.8, 4) is 0 Å². The molecule has 1 aliphatic rings. The van der Waals surface area contributed by atoms with Gasteiger partial charge in [-0.3, -0.25) is 4.79 Å². The lowest BCUT2D eigenvalue weighted by Crippen LogP contribution is -2.41. The molecule has 32 heavy (non-hydrogen) atoms. The normalized spacial score (nSPS) is 16.0. The van der Waals surface area contributed by atoms with Gasteiger partial charge >= 0.3 is 6.03 Å². The zero-order chi connectivity index (χ0) is 22.7. The smallest absolute Gasteiger partial charge is 0.321 e. The van der Waals surface area contributed by atoms with Crippen molar-refractivity contribution in [2.45, 2.75) is 32.6 Å². The van der Waals surface area contributed by atoms with E-state index in [1.807, 2.05) is 32.0 Å². The number of nitrogens with zero attached hydrogens (tertiary/aromatic N) is 3. The van der Waals surface area contributed by atoms with Crippen molar-refractivity contribution in [1.29, 1.82) is 0 Å². The van der Waals surface area contributed by atoms with Gasteiger partial charge in [-0.05, 0) is 56.5 Å². The van der Waals surface area contributed by atoms with E-state index >= 15 is 0 Å². The number of anilines is 2. The molecule has 0 bridgehead atoms. The minimum atomic E-state index is -0.323. The molecule has 0 unspecified atom stereocenters. The Balaban J connectivity index is 1.39. The summed E-state index contributed by atoms with van der Waals surface area (Å²) < 4.78 is 0. The lowest BCUT2D eigenvalue weighted by Gasteiger charge is -2.31. The fraction of sp³-hybridized carbons (Fsp3) is 0.304. The number of hydrogen-bond donors (Lipinski definition) is 2. The molecule has 1 aliphatic heterocycles. The maximum atomic E-state index is 12.8. The molecule has 0 spiro atoms. The van der Waals surface area contributed by atoms with Crippen LogP contribution in [0.1, 0.15) is 44.7 Å². The zero-order valence-corrected chi connectivity index (χ0v) is 19.5. The van der Waals surface area contributed by atoms with Gasteiger partial charge in [-0.25, -0.2) is 4.79 Å². The number of rotatable bonds is 4. The van der Waals surface area contributed by atoms with Crippen LogP contribution in [-0.2, 0) is 0 Å². The number of nitrogens with one attached hydrogen (secondary N) is 2. The van der Waals surface area contributed by atoms with E-state index in [0.717, 1.165) is 34.7 Å². The summed E-state index contributed by atoms with van der Waals surface area (Å²) in [5.41, 5.74) is 3.61. The second kappa shape index (κ2) is 9.67. The topological polar surface area (TPSA) is 87.2 Å². The molecule has 0 radical (unpaired) electrons. The number of aromatic nitrogens is 2. The summed E-state index contributed by atoms with van der Waals surface area (Å²) in [7, 11) is 0. The molecule has 1 fully saturated rings. The summed E-state index contributed by atoms with van der Waals surface area (Å²) >= 11 is 7.24. The number of likely N-dealkylation sites (tertiary alicyclic amines) is 1. The molecule has 4 rings (SSSR count). The molecule has 3 amide bonds. The fourth-order valence-electron chi connectivity index (χ4n) is 3.75. The second-order valence-corrected chi connectivity index (χ2v) is 9.39. The third-order valence-corrected chi connectivity index (χ3v) is 6.72. The van der Waals surface area contributed by atoms with Crippen LogP contribution in [0.25, 0.3) is 0 Å². The molecule has 0 aliphatic carbocycles. The van der Waals surface area contributed by atoms with Crippen LogP contribution in [0.3, 0.4) is 0 Å². The maximum absolute atomic E-state index is 12.8. The highest BCUT2D eigenvalue weighted by Gasteiger charge is 2.28. The Morgan fingerprint density at radius 2 is 1.97 bits per heavy atom. The Bertz CT molecular complexity index is 1150. The van der Waals surface area contributed by atoms with Crippen molar-refractivity contribution in [1.82, 2.24) is 15.1 Å². The minimum absolute atomic E-state index is 0.0545. The number of halogens is 1. The highest BCUT2D eigenvalue weighted by Crippen LogP contribution is 2.30. The predicted octanol–water partition coefficient (Wildman–Crippen LogP) is 5.47. The van der Waals surface area contributed by atoms with Gasteiger partial charge in [-0.2, -0.15) is 0 Å². The average molecular weight is 470 g/mol. The van der Waals surface area contributed by atoms with Crippen LogP contribution in [0.4, 0.5) is 16.2 Å². The zero-order valence-electron chi connectivity index (χ0n) is 17.9. The number of carbonyl (C=O) groups is 2. The van der Waals surface area contributed by atoms with E-state index in [-0.39, 0.29) is 22.9 Å². The summed E-state index contributed by atoms with van der Waals surface area (Å²) in [6.45, 7) is 5.24. The van der Waals surface area contributed by atoms with E-state index < -0.39 is 0 Å². The first kappa shape index (κ1) is 22.2. The fourth-order valence-corrected chi connectivity index (χ4v) is 4.81. The van der Waals surface area contributed by atoms with Gasteiger partial charge in [0.25, 0.3) is 5.91 Å². The summed E-state index contributed by atoms with van der Waals surface area (Å²) in [4.78, 5) is 27.2. The van der Waals surface area contributed by atoms with Crippen LogP contribution in [0.2, 0.25) is 5.02 Å². The summed E-state index contributed by atoms with van der Waals surface area (Å²) in [5, 5.41) is 15.7. The van der Waals surface area contributed by atoms with E-state index in [4.69, 9.17) is 11.6 Å². The first-order valence-electron chi connectivity index (χ1n) is 10.4. The van der Waals surface area contributed by atoms with Gasteiger partial charge in [0.1, 0.15) is 5.01 Å². The molecule has 9 heteroatoms. The standard InChI is InChI=1S/C23H24ClN5O2S/c1-14-8-9-19(15(2)11-14)26-23(31)29-10-4-5-16(13-29)21-27-28-22(32-21)20(30)25-18-7-3-6-17(24)12-18/h3,6-9,11-12,16H,4-5,10,13H2,1-2H3,(H,25,30)(H,26,31)/t16-/m1/s1. The Hall–Kier alpha value is -2.97. The Morgan fingerprint density at radius 3 is 2.75 bits per heavy atom. The highest BCUT2D eigenvalue weighted by molar-refractivity contribution is 7.13. The lowest BCUT2D eigenvalue weighted by atomic mass is 9.99. The molecule has 1 aromatic heterocycles. The summed E-state index contributed by atoms with van der Waals surface area (Å²) in [6, 6.07) is 12.8. The van der Waals surface area contributed by atoms with Crippen LogP contribution in [0, 0.1) is 13.8 Å². The van der Waals surface area contributed by atoms with Gasteiger partial charge in [0.2, 0.25) is 5.01 Å². The first-order valence-corrected chi connectivity index (χ1v) is 11.6. The van der Waals surface area contributed by atoms with Crippen LogP contribution in [0.15, 0.2) is 42.5 Å². The largest absolute Gasteiger partial charge is 0.324 e. The van der Waals surface area contributed by atoms with Crippen molar-refractivity contribution in [2.24, 2.45) is 0 Å². The van der Waals surface area contributed by atoms with Crippen LogP contribution >= 0.6 is 22.9 Å².